The first kappa shape index (κ1) is 12.3. The Kier molecular flexibility index (Phi) is 3.05. The largest absolute Gasteiger partial charge is 0.388 e. The Morgan fingerprint density at radius 2 is 2.24 bits per heavy atom. The summed E-state index contributed by atoms with van der Waals surface area (Å²) in [5.41, 5.74) is -0.458. The number of anilines is 1. The molecule has 1 aromatic rings. The van der Waals surface area contributed by atoms with Gasteiger partial charge >= 0.3 is 0 Å². The number of halogens is 1. The Bertz CT molecular complexity index is 462. The zero-order valence-electron chi connectivity index (χ0n) is 9.77. The fraction of sp³-hybridized carbons (Fsp3) is 0.545. The van der Waals surface area contributed by atoms with E-state index in [1.807, 2.05) is 4.90 Å². The van der Waals surface area contributed by atoms with Gasteiger partial charge in [-0.1, -0.05) is 11.6 Å². The lowest BCUT2D eigenvalue weighted by Crippen LogP contribution is -2.30. The molecule has 1 N–H and O–H groups in total. The SMILES string of the molecule is Cc1nc(Cl)c(C=O)c(N2CCC(C)(O)C2)n1. The molecule has 0 aromatic carbocycles. The normalized spacial score (nSPS) is 24.1. The zero-order valence-corrected chi connectivity index (χ0v) is 10.5. The molecule has 17 heavy (non-hydrogen) atoms. The fourth-order valence-corrected chi connectivity index (χ4v) is 2.25. The van der Waals surface area contributed by atoms with Crippen LogP contribution < -0.4 is 4.90 Å². The topological polar surface area (TPSA) is 66.3 Å². The van der Waals surface area contributed by atoms with Gasteiger partial charge in [-0.2, -0.15) is 0 Å². The third kappa shape index (κ3) is 2.40. The first-order chi connectivity index (χ1) is 7.93. The monoisotopic (exact) mass is 255 g/mol. The molecule has 1 fully saturated rings. The highest BCUT2D eigenvalue weighted by Gasteiger charge is 2.33. The van der Waals surface area contributed by atoms with Crippen LogP contribution in [0.25, 0.3) is 0 Å². The maximum Gasteiger partial charge on any atom is 0.156 e. The Labute approximate surface area is 104 Å². The third-order valence-electron chi connectivity index (χ3n) is 2.86. The van der Waals surface area contributed by atoms with Crippen molar-refractivity contribution in [3.8, 4) is 0 Å². The number of rotatable bonds is 2. The van der Waals surface area contributed by atoms with Gasteiger partial charge in [-0.05, 0) is 20.3 Å². The molecule has 0 amide bonds. The van der Waals surface area contributed by atoms with Gasteiger partial charge < -0.3 is 10.0 Å². The van der Waals surface area contributed by atoms with E-state index in [9.17, 15) is 9.90 Å². The van der Waals surface area contributed by atoms with E-state index in [1.54, 1.807) is 13.8 Å². The Morgan fingerprint density at radius 3 is 2.76 bits per heavy atom. The molecule has 0 saturated carbocycles. The van der Waals surface area contributed by atoms with Crippen molar-refractivity contribution in [2.24, 2.45) is 0 Å². The quantitative estimate of drug-likeness (QED) is 0.636. The predicted octanol–water partition coefficient (Wildman–Crippen LogP) is 1.21. The van der Waals surface area contributed by atoms with Crippen LogP contribution in [0, 0.1) is 6.92 Å². The standard InChI is InChI=1S/C11H14ClN3O2/c1-7-13-9(12)8(5-16)10(14-7)15-4-3-11(2,17)6-15/h5,17H,3-4,6H2,1-2H3. The first-order valence-corrected chi connectivity index (χ1v) is 5.77. The molecule has 1 aliphatic heterocycles. The Balaban J connectivity index is 2.42. The number of carbonyl (C=O) groups excluding carboxylic acids is 1. The summed E-state index contributed by atoms with van der Waals surface area (Å²) in [5.74, 6) is 1.03. The number of aliphatic hydroxyl groups is 1. The van der Waals surface area contributed by atoms with Gasteiger partial charge in [0.2, 0.25) is 0 Å². The van der Waals surface area contributed by atoms with Gasteiger partial charge in [0.1, 0.15) is 16.8 Å². The molecule has 1 unspecified atom stereocenters. The summed E-state index contributed by atoms with van der Waals surface area (Å²) in [4.78, 5) is 21.1. The molecule has 1 aromatic heterocycles. The van der Waals surface area contributed by atoms with Crippen LogP contribution in [0.1, 0.15) is 29.5 Å². The molecule has 1 saturated heterocycles. The predicted molar refractivity (Wildman–Crippen MR) is 64.6 cm³/mol. The number of hydrogen-bond acceptors (Lipinski definition) is 5. The van der Waals surface area contributed by atoms with Crippen molar-refractivity contribution in [1.82, 2.24) is 9.97 Å². The lowest BCUT2D eigenvalue weighted by molar-refractivity contribution is 0.0838. The number of aryl methyl sites for hydroxylation is 1. The van der Waals surface area contributed by atoms with Crippen molar-refractivity contribution in [2.45, 2.75) is 25.9 Å². The molecular formula is C11H14ClN3O2. The van der Waals surface area contributed by atoms with Gasteiger partial charge in [-0.15, -0.1) is 0 Å². The van der Waals surface area contributed by atoms with Gasteiger partial charge in [0.15, 0.2) is 6.29 Å². The van der Waals surface area contributed by atoms with Crippen molar-refractivity contribution in [2.75, 3.05) is 18.0 Å². The highest BCUT2D eigenvalue weighted by atomic mass is 35.5. The summed E-state index contributed by atoms with van der Waals surface area (Å²) in [6.07, 6.45) is 1.30. The third-order valence-corrected chi connectivity index (χ3v) is 3.15. The van der Waals surface area contributed by atoms with E-state index in [0.29, 0.717) is 37.4 Å². The van der Waals surface area contributed by atoms with E-state index in [0.717, 1.165) is 0 Å². The number of β-amino-alcohol motifs (C(OH)–C–C–N with tert-alkyl or cyclic N) is 1. The second-order valence-electron chi connectivity index (χ2n) is 4.59. The van der Waals surface area contributed by atoms with Crippen molar-refractivity contribution >= 4 is 23.7 Å². The van der Waals surface area contributed by atoms with Gasteiger partial charge in [-0.3, -0.25) is 4.79 Å². The van der Waals surface area contributed by atoms with Crippen molar-refractivity contribution in [3.05, 3.63) is 16.5 Å². The summed E-state index contributed by atoms with van der Waals surface area (Å²) in [7, 11) is 0. The second kappa shape index (κ2) is 4.23. The molecule has 2 heterocycles. The van der Waals surface area contributed by atoms with E-state index >= 15 is 0 Å². The van der Waals surface area contributed by atoms with Crippen molar-refractivity contribution < 1.29 is 9.90 Å². The average molecular weight is 256 g/mol. The van der Waals surface area contributed by atoms with Gasteiger partial charge in [-0.25, -0.2) is 9.97 Å². The van der Waals surface area contributed by atoms with Crippen LogP contribution in [0.5, 0.6) is 0 Å². The smallest absolute Gasteiger partial charge is 0.156 e. The van der Waals surface area contributed by atoms with E-state index in [2.05, 4.69) is 9.97 Å². The molecule has 0 bridgehead atoms. The number of carbonyl (C=O) groups is 1. The van der Waals surface area contributed by atoms with Crippen molar-refractivity contribution in [1.29, 1.82) is 0 Å². The minimum atomic E-state index is -0.745. The molecule has 5 nitrogen and oxygen atoms in total. The van der Waals surface area contributed by atoms with Crippen LogP contribution in [-0.2, 0) is 0 Å². The molecule has 0 aliphatic carbocycles. The summed E-state index contributed by atoms with van der Waals surface area (Å²) >= 11 is 5.91. The summed E-state index contributed by atoms with van der Waals surface area (Å²) in [5, 5.41) is 10.1. The highest BCUT2D eigenvalue weighted by molar-refractivity contribution is 6.32. The molecule has 0 radical (unpaired) electrons. The maximum atomic E-state index is 11.0. The first-order valence-electron chi connectivity index (χ1n) is 5.39. The molecule has 1 aliphatic rings. The lowest BCUT2D eigenvalue weighted by Gasteiger charge is -2.21. The molecule has 1 atom stereocenters. The molecule has 6 heteroatoms. The molecular weight excluding hydrogens is 242 g/mol. The van der Waals surface area contributed by atoms with E-state index in [-0.39, 0.29) is 10.7 Å². The molecule has 2 rings (SSSR count). The van der Waals surface area contributed by atoms with E-state index in [1.165, 1.54) is 0 Å². The maximum absolute atomic E-state index is 11.0. The zero-order chi connectivity index (χ0) is 12.6. The number of aldehydes is 1. The average Bonchev–Trinajstić information content (AvgIpc) is 2.57. The van der Waals surface area contributed by atoms with Gasteiger partial charge in [0.25, 0.3) is 0 Å². The summed E-state index contributed by atoms with van der Waals surface area (Å²) in [6.45, 7) is 4.59. The molecule has 0 spiro atoms. The number of nitrogens with zero attached hydrogens (tertiary/aromatic N) is 3. The van der Waals surface area contributed by atoms with Crippen LogP contribution in [0.2, 0.25) is 5.15 Å². The van der Waals surface area contributed by atoms with Crippen LogP contribution in [0.4, 0.5) is 5.82 Å². The summed E-state index contributed by atoms with van der Waals surface area (Å²) in [6, 6.07) is 0. The van der Waals surface area contributed by atoms with Crippen LogP contribution in [0.3, 0.4) is 0 Å². The fourth-order valence-electron chi connectivity index (χ4n) is 2.00. The number of aromatic nitrogens is 2. The lowest BCUT2D eigenvalue weighted by atomic mass is 10.1. The minimum Gasteiger partial charge on any atom is -0.388 e. The minimum absolute atomic E-state index is 0.161. The highest BCUT2D eigenvalue weighted by Crippen LogP contribution is 2.29. The second-order valence-corrected chi connectivity index (χ2v) is 4.94. The Hall–Kier alpha value is -1.20. The molecule has 92 valence electrons. The van der Waals surface area contributed by atoms with Gasteiger partial charge in [0.05, 0.1) is 11.2 Å². The van der Waals surface area contributed by atoms with E-state index < -0.39 is 5.60 Å². The van der Waals surface area contributed by atoms with Crippen LogP contribution in [-0.4, -0.2) is 40.1 Å². The van der Waals surface area contributed by atoms with Crippen LogP contribution >= 0.6 is 11.6 Å². The van der Waals surface area contributed by atoms with Gasteiger partial charge in [0, 0.05) is 13.1 Å². The Morgan fingerprint density at radius 1 is 1.53 bits per heavy atom. The van der Waals surface area contributed by atoms with Crippen molar-refractivity contribution in [3.63, 3.8) is 0 Å². The van der Waals surface area contributed by atoms with Crippen LogP contribution in [0.15, 0.2) is 0 Å². The summed E-state index contributed by atoms with van der Waals surface area (Å²) < 4.78 is 0. The number of hydrogen-bond donors (Lipinski definition) is 1. The van der Waals surface area contributed by atoms with E-state index in [4.69, 9.17) is 11.6 Å².